The fraction of sp³-hybridized carbons (Fsp3) is 0.558. The van der Waals surface area contributed by atoms with E-state index in [0.29, 0.717) is 45.3 Å². The summed E-state index contributed by atoms with van der Waals surface area (Å²) in [4.78, 5) is 79.3. The number of sulfonamides is 1. The number of carbonyl (C=O) groups is 5. The Hall–Kier alpha value is -5.30. The van der Waals surface area contributed by atoms with Gasteiger partial charge in [-0.25, -0.2) is 23.2 Å². The minimum absolute atomic E-state index is 0.0422. The zero-order valence-corrected chi connectivity index (χ0v) is 38.1. The lowest BCUT2D eigenvalue weighted by Gasteiger charge is -2.35. The molecule has 1 aliphatic heterocycles. The standard InChI is InChI=1S/C43H57N7O10S2/c1-10-24-20-43(24,38(54)49-62(9,56)57)48-36(52)32-18-27(22-50(32)37(53)35(42(5,6)7)47-40(55)60-25-13-11-12-14-25)59-33-19-30(44-29-17-26(58-8)15-16-28(29)33)31-23-61-39(45-31)46-34(51)21-41(2,3)4/h10,15-17,19,23-25,27,32,35H,1,11-14,18,20-22H2,2-9H3,(H,47,55)(H,48,52)(H,49,54)(H,45,46,51)/t24-,27-,32-,35-,43-/m1/s1. The van der Waals surface area contributed by atoms with E-state index >= 15 is 0 Å². The fourth-order valence-corrected chi connectivity index (χ4v) is 9.14. The smallest absolute Gasteiger partial charge is 0.408 e. The average molecular weight is 896 g/mol. The monoisotopic (exact) mass is 895 g/mol. The number of anilines is 1. The van der Waals surface area contributed by atoms with Crippen molar-refractivity contribution in [1.82, 2.24) is 30.2 Å². The summed E-state index contributed by atoms with van der Waals surface area (Å²) in [6.45, 7) is 14.9. The van der Waals surface area contributed by atoms with Crippen molar-refractivity contribution < 1.29 is 46.6 Å². The Morgan fingerprint density at radius 2 is 1.74 bits per heavy atom. The maximum atomic E-state index is 14.8. The van der Waals surface area contributed by atoms with Crippen LogP contribution in [0.2, 0.25) is 0 Å². The summed E-state index contributed by atoms with van der Waals surface area (Å²) in [6, 6.07) is 4.61. The van der Waals surface area contributed by atoms with Gasteiger partial charge < -0.3 is 35.1 Å². The van der Waals surface area contributed by atoms with Gasteiger partial charge in [-0.1, -0.05) is 47.6 Å². The van der Waals surface area contributed by atoms with Crippen LogP contribution in [0.25, 0.3) is 22.3 Å². The van der Waals surface area contributed by atoms with Crippen LogP contribution in [0, 0.1) is 16.7 Å². The summed E-state index contributed by atoms with van der Waals surface area (Å²) in [5, 5.41) is 11.2. The molecule has 5 amide bonds. The molecule has 19 heteroatoms. The molecule has 5 atom stereocenters. The lowest BCUT2D eigenvalue weighted by atomic mass is 9.85. The topological polar surface area (TPSA) is 224 Å². The summed E-state index contributed by atoms with van der Waals surface area (Å²) in [6.07, 6.45) is 4.17. The molecule has 336 valence electrons. The van der Waals surface area contributed by atoms with E-state index in [-0.39, 0.29) is 36.8 Å². The van der Waals surface area contributed by atoms with Gasteiger partial charge in [0.1, 0.15) is 47.0 Å². The van der Waals surface area contributed by atoms with E-state index in [1.807, 2.05) is 25.5 Å². The van der Waals surface area contributed by atoms with Gasteiger partial charge in [0.15, 0.2) is 5.13 Å². The Bertz CT molecular complexity index is 2350. The highest BCUT2D eigenvalue weighted by Crippen LogP contribution is 2.45. The average Bonchev–Trinajstić information content (AvgIpc) is 3.57. The third-order valence-corrected chi connectivity index (χ3v) is 12.4. The van der Waals surface area contributed by atoms with Crippen LogP contribution >= 0.6 is 11.3 Å². The second-order valence-electron chi connectivity index (χ2n) is 18.7. The third kappa shape index (κ3) is 11.0. The van der Waals surface area contributed by atoms with E-state index in [1.54, 1.807) is 50.4 Å². The molecule has 62 heavy (non-hydrogen) atoms. The molecule has 4 N–H and O–H groups in total. The molecule has 3 aliphatic rings. The molecule has 2 aromatic heterocycles. The van der Waals surface area contributed by atoms with Gasteiger partial charge >= 0.3 is 6.09 Å². The van der Waals surface area contributed by atoms with Crippen molar-refractivity contribution in [2.75, 3.05) is 25.2 Å². The first-order valence-electron chi connectivity index (χ1n) is 20.6. The van der Waals surface area contributed by atoms with Gasteiger partial charge in [-0.05, 0) is 55.1 Å². The first-order valence-corrected chi connectivity index (χ1v) is 23.4. The van der Waals surface area contributed by atoms with Gasteiger partial charge in [-0.2, -0.15) is 0 Å². The summed E-state index contributed by atoms with van der Waals surface area (Å²) < 4.78 is 44.0. The number of pyridine rings is 1. The normalized spacial score (nSPS) is 22.1. The van der Waals surface area contributed by atoms with E-state index in [9.17, 15) is 32.4 Å². The fourth-order valence-electron chi connectivity index (χ4n) is 7.90. The highest BCUT2D eigenvalue weighted by atomic mass is 32.2. The quantitative estimate of drug-likeness (QED) is 0.151. The predicted octanol–water partition coefficient (Wildman–Crippen LogP) is 5.31. The summed E-state index contributed by atoms with van der Waals surface area (Å²) in [7, 11) is -2.45. The van der Waals surface area contributed by atoms with Crippen molar-refractivity contribution in [2.24, 2.45) is 16.7 Å². The summed E-state index contributed by atoms with van der Waals surface area (Å²) >= 11 is 1.25. The van der Waals surface area contributed by atoms with E-state index in [2.05, 4.69) is 27.5 Å². The number of nitrogens with zero attached hydrogens (tertiary/aromatic N) is 3. The molecule has 0 unspecified atom stereocenters. The largest absolute Gasteiger partial charge is 0.497 e. The number of nitrogens with one attached hydrogen (secondary N) is 4. The van der Waals surface area contributed by atoms with Gasteiger partial charge in [-0.15, -0.1) is 17.9 Å². The van der Waals surface area contributed by atoms with Crippen LogP contribution in [0.4, 0.5) is 9.93 Å². The van der Waals surface area contributed by atoms with Gasteiger partial charge in [0.2, 0.25) is 27.7 Å². The van der Waals surface area contributed by atoms with Crippen LogP contribution in [0.3, 0.4) is 0 Å². The second kappa shape index (κ2) is 17.8. The van der Waals surface area contributed by atoms with Crippen molar-refractivity contribution in [3.05, 3.63) is 42.3 Å². The Labute approximate surface area is 366 Å². The number of ether oxygens (including phenoxy) is 3. The van der Waals surface area contributed by atoms with Gasteiger partial charge in [0, 0.05) is 41.7 Å². The number of alkyl carbamates (subject to hydrolysis) is 1. The Morgan fingerprint density at radius 1 is 1.03 bits per heavy atom. The van der Waals surface area contributed by atoms with Crippen molar-refractivity contribution in [3.63, 3.8) is 0 Å². The number of hydrogen-bond donors (Lipinski definition) is 4. The van der Waals surface area contributed by atoms with Crippen LogP contribution < -0.4 is 30.1 Å². The Kier molecular flexibility index (Phi) is 13.3. The zero-order valence-electron chi connectivity index (χ0n) is 36.5. The van der Waals surface area contributed by atoms with Crippen LogP contribution in [0.5, 0.6) is 11.5 Å². The molecule has 2 saturated carbocycles. The highest BCUT2D eigenvalue weighted by Gasteiger charge is 2.61. The second-order valence-corrected chi connectivity index (χ2v) is 21.3. The first kappa shape index (κ1) is 46.2. The summed E-state index contributed by atoms with van der Waals surface area (Å²) in [5.41, 5.74) is -1.28. The minimum atomic E-state index is -3.98. The van der Waals surface area contributed by atoms with Gasteiger partial charge in [0.05, 0.1) is 31.1 Å². The van der Waals surface area contributed by atoms with Crippen LogP contribution in [0.15, 0.2) is 42.3 Å². The molecule has 3 aromatic rings. The number of rotatable bonds is 14. The molecular weight excluding hydrogens is 839 g/mol. The molecule has 1 aromatic carbocycles. The lowest BCUT2D eigenvalue weighted by molar-refractivity contribution is -0.143. The summed E-state index contributed by atoms with van der Waals surface area (Å²) in [5.74, 6) is -2.06. The minimum Gasteiger partial charge on any atom is -0.497 e. The van der Waals surface area contributed by atoms with E-state index in [0.717, 1.165) is 31.9 Å². The highest BCUT2D eigenvalue weighted by molar-refractivity contribution is 7.89. The predicted molar refractivity (Wildman–Crippen MR) is 234 cm³/mol. The Morgan fingerprint density at radius 3 is 2.35 bits per heavy atom. The molecule has 0 spiro atoms. The SMILES string of the molecule is C=C[C@@H]1C[C@]1(NC(=O)[C@H]1C[C@@H](Oc2cc(-c3csc(NC(=O)CC(C)(C)C)n3)nc3cc(OC)ccc23)CN1C(=O)[C@@H](NC(=O)OC1CCCC1)C(C)(C)C)C(=O)NS(C)(=O)=O. The molecule has 17 nitrogen and oxygen atoms in total. The Balaban J connectivity index is 1.33. The molecule has 1 saturated heterocycles. The van der Waals surface area contributed by atoms with Crippen LogP contribution in [-0.4, -0.2) is 103 Å². The van der Waals surface area contributed by atoms with Crippen LogP contribution in [-0.2, 0) is 33.9 Å². The number of likely N-dealkylation sites (tertiary alicyclic amines) is 1. The number of hydrogen-bond acceptors (Lipinski definition) is 13. The maximum Gasteiger partial charge on any atom is 0.408 e. The number of carbonyl (C=O) groups excluding carboxylic acids is 5. The van der Waals surface area contributed by atoms with E-state index in [1.165, 1.54) is 29.4 Å². The molecule has 0 radical (unpaired) electrons. The number of methoxy groups -OCH3 is 1. The molecule has 2 aliphatic carbocycles. The number of benzene rings is 1. The molecule has 6 rings (SSSR count). The van der Waals surface area contributed by atoms with E-state index in [4.69, 9.17) is 19.2 Å². The van der Waals surface area contributed by atoms with Gasteiger partial charge in [0.25, 0.3) is 5.91 Å². The number of thiazole rings is 1. The van der Waals surface area contributed by atoms with Crippen molar-refractivity contribution >= 4 is 67.1 Å². The van der Waals surface area contributed by atoms with Crippen LogP contribution in [0.1, 0.15) is 86.5 Å². The molecule has 3 heterocycles. The van der Waals surface area contributed by atoms with Crippen molar-refractivity contribution in [1.29, 1.82) is 0 Å². The number of aromatic nitrogens is 2. The van der Waals surface area contributed by atoms with Gasteiger partial charge in [-0.3, -0.25) is 23.9 Å². The third-order valence-electron chi connectivity index (χ3n) is 11.1. The lowest BCUT2D eigenvalue weighted by Crippen LogP contribution is -2.60. The number of fused-ring (bicyclic) bond motifs is 1. The molecule has 3 fully saturated rings. The maximum absolute atomic E-state index is 14.8. The first-order chi connectivity index (χ1) is 29.0. The van der Waals surface area contributed by atoms with Crippen molar-refractivity contribution in [3.8, 4) is 22.9 Å². The zero-order chi connectivity index (χ0) is 45.4. The van der Waals surface area contributed by atoms with E-state index < -0.39 is 68.9 Å². The molecular formula is C43H57N7O10S2. The number of amides is 5. The van der Waals surface area contributed by atoms with Crippen molar-refractivity contribution in [2.45, 2.75) is 116 Å². The molecule has 0 bridgehead atoms.